The number of fused-ring (bicyclic) bond motifs is 1. The van der Waals surface area contributed by atoms with Crippen molar-refractivity contribution in [2.24, 2.45) is 5.73 Å². The van der Waals surface area contributed by atoms with Gasteiger partial charge in [-0.2, -0.15) is 0 Å². The summed E-state index contributed by atoms with van der Waals surface area (Å²) in [6.45, 7) is -0.168. The molecule has 0 saturated carbocycles. The van der Waals surface area contributed by atoms with Gasteiger partial charge in [0, 0.05) is 16.6 Å². The van der Waals surface area contributed by atoms with E-state index in [0.29, 0.717) is 27.2 Å². The third-order valence-corrected chi connectivity index (χ3v) is 3.67. The number of hydrogen-bond acceptors (Lipinski definition) is 3. The smallest absolute Gasteiger partial charge is 0.269 e. The van der Waals surface area contributed by atoms with Crippen LogP contribution < -0.4 is 10.5 Å². The third-order valence-electron chi connectivity index (χ3n) is 3.42. The van der Waals surface area contributed by atoms with E-state index < -0.39 is 5.91 Å². The van der Waals surface area contributed by atoms with Gasteiger partial charge in [-0.25, -0.2) is 0 Å². The van der Waals surface area contributed by atoms with Gasteiger partial charge >= 0.3 is 0 Å². The van der Waals surface area contributed by atoms with Crippen LogP contribution in [0.1, 0.15) is 15.2 Å². The van der Waals surface area contributed by atoms with Crippen molar-refractivity contribution in [3.63, 3.8) is 0 Å². The number of amides is 1. The van der Waals surface area contributed by atoms with E-state index >= 15 is 0 Å². The first-order chi connectivity index (χ1) is 11.1. The van der Waals surface area contributed by atoms with Crippen molar-refractivity contribution in [1.29, 1.82) is 0 Å². The minimum absolute atomic E-state index is 0.168. The number of nitrogens with zero attached hydrogens (tertiary/aromatic N) is 1. The summed E-state index contributed by atoms with van der Waals surface area (Å²) in [4.78, 5) is 23.9. The average molecular weight is 329 g/mol. The molecule has 1 aromatic heterocycles. The highest BCUT2D eigenvalue weighted by atomic mass is 35.5. The van der Waals surface area contributed by atoms with Gasteiger partial charge in [0.15, 0.2) is 6.61 Å². The fourth-order valence-electron chi connectivity index (χ4n) is 2.33. The Morgan fingerprint density at radius 1 is 1.09 bits per heavy atom. The number of carbonyl (C=O) groups is 2. The second kappa shape index (κ2) is 6.14. The van der Waals surface area contributed by atoms with Crippen LogP contribution in [0.3, 0.4) is 0 Å². The van der Waals surface area contributed by atoms with Gasteiger partial charge < -0.3 is 10.5 Å². The number of aromatic nitrogens is 1. The lowest BCUT2D eigenvalue weighted by molar-refractivity contribution is 0.0843. The minimum Gasteiger partial charge on any atom is -0.484 e. The van der Waals surface area contributed by atoms with E-state index in [2.05, 4.69) is 0 Å². The molecule has 0 radical (unpaired) electrons. The van der Waals surface area contributed by atoms with Gasteiger partial charge in [0.25, 0.3) is 11.8 Å². The van der Waals surface area contributed by atoms with Crippen LogP contribution in [0.25, 0.3) is 10.9 Å². The molecule has 116 valence electrons. The van der Waals surface area contributed by atoms with Gasteiger partial charge in [0.2, 0.25) is 0 Å². The Morgan fingerprint density at radius 2 is 1.78 bits per heavy atom. The Bertz CT molecular complexity index is 884. The topological polar surface area (TPSA) is 74.3 Å². The second-order valence-electron chi connectivity index (χ2n) is 4.93. The molecule has 2 aromatic carbocycles. The maximum Gasteiger partial charge on any atom is 0.269 e. The SMILES string of the molecule is NC(=O)c1cn(C(=O)COc2ccc(Cl)cc2)c2ccccc12. The molecule has 0 aliphatic carbocycles. The molecule has 0 fully saturated rings. The zero-order valence-corrected chi connectivity index (χ0v) is 12.8. The lowest BCUT2D eigenvalue weighted by Gasteiger charge is -2.07. The fraction of sp³-hybridized carbons (Fsp3) is 0.0588. The number of hydrogen-bond donors (Lipinski definition) is 1. The van der Waals surface area contributed by atoms with Crippen LogP contribution in [-0.4, -0.2) is 23.0 Å². The van der Waals surface area contributed by atoms with Crippen LogP contribution in [0, 0.1) is 0 Å². The Balaban J connectivity index is 1.86. The molecule has 0 atom stereocenters. The number of nitrogens with two attached hydrogens (primary N) is 1. The molecule has 1 heterocycles. The van der Waals surface area contributed by atoms with Crippen molar-refractivity contribution in [3.8, 4) is 5.75 Å². The van der Waals surface area contributed by atoms with Crippen LogP contribution >= 0.6 is 11.6 Å². The number of ether oxygens (including phenoxy) is 1. The summed E-state index contributed by atoms with van der Waals surface area (Å²) < 4.78 is 6.83. The van der Waals surface area contributed by atoms with Crippen molar-refractivity contribution in [1.82, 2.24) is 4.57 Å². The molecule has 23 heavy (non-hydrogen) atoms. The highest BCUT2D eigenvalue weighted by Crippen LogP contribution is 2.21. The number of carbonyl (C=O) groups excluding carboxylic acids is 2. The average Bonchev–Trinajstić information content (AvgIpc) is 2.94. The van der Waals surface area contributed by atoms with Gasteiger partial charge in [-0.05, 0) is 30.3 Å². The molecular formula is C17H13ClN2O3. The normalized spacial score (nSPS) is 10.7. The molecule has 0 aliphatic heterocycles. The Morgan fingerprint density at radius 3 is 2.48 bits per heavy atom. The molecule has 0 saturated heterocycles. The highest BCUT2D eigenvalue weighted by Gasteiger charge is 2.16. The van der Waals surface area contributed by atoms with Gasteiger partial charge in [-0.15, -0.1) is 0 Å². The summed E-state index contributed by atoms with van der Waals surface area (Å²) in [5, 5.41) is 1.23. The molecule has 0 aliphatic rings. The molecule has 3 aromatic rings. The Kier molecular flexibility index (Phi) is 4.04. The van der Waals surface area contributed by atoms with Crippen LogP contribution in [-0.2, 0) is 0 Å². The number of para-hydroxylation sites is 1. The first-order valence-corrected chi connectivity index (χ1v) is 7.25. The summed E-state index contributed by atoms with van der Waals surface area (Å²) in [5.74, 6) is -0.343. The highest BCUT2D eigenvalue weighted by molar-refractivity contribution is 6.30. The molecule has 0 unspecified atom stereocenters. The molecule has 0 spiro atoms. The van der Waals surface area contributed by atoms with Crippen molar-refractivity contribution in [3.05, 3.63) is 65.3 Å². The van der Waals surface area contributed by atoms with Crippen molar-refractivity contribution in [2.45, 2.75) is 0 Å². The number of rotatable bonds is 4. The summed E-state index contributed by atoms with van der Waals surface area (Å²) >= 11 is 5.80. The zero-order chi connectivity index (χ0) is 16.4. The first kappa shape index (κ1) is 15.1. The molecule has 2 N–H and O–H groups in total. The Labute approximate surface area is 137 Å². The van der Waals surface area contributed by atoms with Crippen molar-refractivity contribution in [2.75, 3.05) is 6.61 Å². The number of halogens is 1. The van der Waals surface area contributed by atoms with Gasteiger partial charge in [0.05, 0.1) is 11.1 Å². The van der Waals surface area contributed by atoms with E-state index in [1.165, 1.54) is 10.8 Å². The van der Waals surface area contributed by atoms with Crippen molar-refractivity contribution >= 4 is 34.3 Å². The molecular weight excluding hydrogens is 316 g/mol. The molecule has 1 amide bonds. The van der Waals surface area contributed by atoms with E-state index in [9.17, 15) is 9.59 Å². The van der Waals surface area contributed by atoms with E-state index in [1.54, 1.807) is 48.5 Å². The van der Waals surface area contributed by atoms with Crippen LogP contribution in [0.5, 0.6) is 5.75 Å². The first-order valence-electron chi connectivity index (χ1n) is 6.88. The van der Waals surface area contributed by atoms with E-state index in [0.717, 1.165) is 0 Å². The molecule has 3 rings (SSSR count). The standard InChI is InChI=1S/C17H13ClN2O3/c18-11-5-7-12(8-6-11)23-10-16(21)20-9-14(17(19)22)13-3-1-2-4-15(13)20/h1-9H,10H2,(H2,19,22). The van der Waals surface area contributed by atoms with Gasteiger partial charge in [-0.1, -0.05) is 29.8 Å². The number of benzene rings is 2. The van der Waals surface area contributed by atoms with Crippen LogP contribution in [0.2, 0.25) is 5.02 Å². The second-order valence-corrected chi connectivity index (χ2v) is 5.37. The minimum atomic E-state index is -0.577. The van der Waals surface area contributed by atoms with Gasteiger partial charge in [0.1, 0.15) is 5.75 Å². The lowest BCUT2D eigenvalue weighted by atomic mass is 10.2. The lowest BCUT2D eigenvalue weighted by Crippen LogP contribution is -2.18. The summed E-state index contributed by atoms with van der Waals surface area (Å²) in [6, 6.07) is 13.8. The van der Waals surface area contributed by atoms with Crippen molar-refractivity contribution < 1.29 is 14.3 Å². The van der Waals surface area contributed by atoms with Crippen LogP contribution in [0.15, 0.2) is 54.7 Å². The van der Waals surface area contributed by atoms with E-state index in [1.807, 2.05) is 0 Å². The molecule has 0 bridgehead atoms. The monoisotopic (exact) mass is 328 g/mol. The predicted molar refractivity (Wildman–Crippen MR) is 88.0 cm³/mol. The maximum absolute atomic E-state index is 12.4. The zero-order valence-electron chi connectivity index (χ0n) is 12.0. The Hall–Kier alpha value is -2.79. The van der Waals surface area contributed by atoms with E-state index in [4.69, 9.17) is 22.1 Å². The third kappa shape index (κ3) is 3.05. The maximum atomic E-state index is 12.4. The van der Waals surface area contributed by atoms with Crippen LogP contribution in [0.4, 0.5) is 0 Å². The van der Waals surface area contributed by atoms with E-state index in [-0.39, 0.29) is 12.5 Å². The summed E-state index contributed by atoms with van der Waals surface area (Å²) in [7, 11) is 0. The fourth-order valence-corrected chi connectivity index (χ4v) is 2.45. The number of primary amides is 1. The summed E-state index contributed by atoms with van der Waals surface area (Å²) in [5.41, 5.74) is 6.29. The van der Waals surface area contributed by atoms with Gasteiger partial charge in [-0.3, -0.25) is 14.2 Å². The summed E-state index contributed by atoms with van der Waals surface area (Å²) in [6.07, 6.45) is 1.44. The quantitative estimate of drug-likeness (QED) is 0.799. The molecule has 5 nitrogen and oxygen atoms in total. The largest absolute Gasteiger partial charge is 0.484 e. The predicted octanol–water partition coefficient (Wildman–Crippen LogP) is 3.11. The molecule has 6 heteroatoms.